The summed E-state index contributed by atoms with van der Waals surface area (Å²) >= 11 is 1.46. The molecule has 1 aliphatic heterocycles. The lowest BCUT2D eigenvalue weighted by Gasteiger charge is -2.25. The lowest BCUT2D eigenvalue weighted by atomic mass is 9.88. The van der Waals surface area contributed by atoms with Gasteiger partial charge in [0.2, 0.25) is 11.7 Å². The third-order valence-electron chi connectivity index (χ3n) is 5.03. The number of nitrogens with zero attached hydrogens (tertiary/aromatic N) is 2. The summed E-state index contributed by atoms with van der Waals surface area (Å²) in [4.78, 5) is 39.4. The summed E-state index contributed by atoms with van der Waals surface area (Å²) in [6.45, 7) is 5.07. The van der Waals surface area contributed by atoms with E-state index in [1.807, 2.05) is 18.7 Å². The molecule has 1 aliphatic carbocycles. The lowest BCUT2D eigenvalue weighted by molar-refractivity contribution is -0.140. The second kappa shape index (κ2) is 13.1. The van der Waals surface area contributed by atoms with Crippen molar-refractivity contribution < 1.29 is 19.5 Å². The van der Waals surface area contributed by atoms with Crippen molar-refractivity contribution in [1.82, 2.24) is 15.6 Å². The molecule has 0 aromatic heterocycles. The normalized spacial score (nSPS) is 19.7. The molecule has 1 atom stereocenters. The molecule has 0 aromatic rings. The number of hydrogen-bond acceptors (Lipinski definition) is 6. The summed E-state index contributed by atoms with van der Waals surface area (Å²) in [5, 5.41) is 16.5. The fourth-order valence-electron chi connectivity index (χ4n) is 3.53. The molecular formula is C19H33ClN4O4S. The maximum absolute atomic E-state index is 12.7. The minimum atomic E-state index is -0.834. The molecule has 3 N–H and O–H groups in total. The molecule has 0 unspecified atom stereocenters. The predicted molar refractivity (Wildman–Crippen MR) is 117 cm³/mol. The zero-order chi connectivity index (χ0) is 20.5. The number of Topliss-reactive ketones (excluding diaryl/α,β-unsaturated/α-hetero) is 1. The summed E-state index contributed by atoms with van der Waals surface area (Å²) in [7, 11) is 0. The smallest absolute Gasteiger partial charge is 0.309 e. The van der Waals surface area contributed by atoms with Crippen LogP contribution in [0.3, 0.4) is 0 Å². The van der Waals surface area contributed by atoms with Gasteiger partial charge in [-0.2, -0.15) is 0 Å². The summed E-state index contributed by atoms with van der Waals surface area (Å²) in [5.41, 5.74) is 2.32. The molecular weight excluding hydrogens is 416 g/mol. The average molecular weight is 449 g/mol. The highest BCUT2D eigenvalue weighted by Gasteiger charge is 2.31. The Morgan fingerprint density at radius 2 is 1.93 bits per heavy atom. The van der Waals surface area contributed by atoms with Crippen LogP contribution >= 0.6 is 24.2 Å². The van der Waals surface area contributed by atoms with Crippen molar-refractivity contribution in [3.63, 3.8) is 0 Å². The molecule has 2 amide bonds. The van der Waals surface area contributed by atoms with Gasteiger partial charge in [-0.25, -0.2) is 5.43 Å². The van der Waals surface area contributed by atoms with Crippen LogP contribution < -0.4 is 10.7 Å². The van der Waals surface area contributed by atoms with Gasteiger partial charge in [0.25, 0.3) is 0 Å². The molecule has 0 spiro atoms. The van der Waals surface area contributed by atoms with Crippen molar-refractivity contribution in [1.29, 1.82) is 0 Å². The Morgan fingerprint density at radius 3 is 2.55 bits per heavy atom. The molecule has 10 heteroatoms. The van der Waals surface area contributed by atoms with E-state index in [1.165, 1.54) is 11.8 Å². The molecule has 2 aliphatic rings. The molecule has 1 saturated heterocycles. The largest absolute Gasteiger partial charge is 0.395 e. The van der Waals surface area contributed by atoms with E-state index >= 15 is 0 Å². The third kappa shape index (κ3) is 8.14. The highest BCUT2D eigenvalue weighted by atomic mass is 35.5. The number of aliphatic hydroxyl groups excluding tert-OH is 1. The zero-order valence-electron chi connectivity index (χ0n) is 17.2. The fraction of sp³-hybridized carbons (Fsp3) is 0.789. The molecule has 2 fully saturated rings. The van der Waals surface area contributed by atoms with E-state index in [2.05, 4.69) is 15.8 Å². The number of β-amino-alcohol motifs (C(OH)–C–C–N with tert-alkyl or cyclic N) is 1. The highest BCUT2D eigenvalue weighted by molar-refractivity contribution is 8.14. The number of amidine groups is 1. The van der Waals surface area contributed by atoms with Gasteiger partial charge >= 0.3 is 5.91 Å². The SMILES string of the molecule is CC(C)C[C@H](NC(=O)C1CCCCC1)C(=O)C(=O)NN=C1SCCN1CCO.Cl. The maximum atomic E-state index is 12.7. The minimum Gasteiger partial charge on any atom is -0.395 e. The van der Waals surface area contributed by atoms with Gasteiger partial charge in [-0.3, -0.25) is 14.4 Å². The first kappa shape index (κ1) is 25.7. The minimum absolute atomic E-state index is 0. The van der Waals surface area contributed by atoms with Crippen LogP contribution in [0, 0.1) is 11.8 Å². The van der Waals surface area contributed by atoms with Crippen LogP contribution in [0.1, 0.15) is 52.4 Å². The van der Waals surface area contributed by atoms with Gasteiger partial charge < -0.3 is 15.3 Å². The summed E-state index contributed by atoms with van der Waals surface area (Å²) in [6, 6.07) is -0.834. The van der Waals surface area contributed by atoms with Crippen molar-refractivity contribution in [2.24, 2.45) is 16.9 Å². The van der Waals surface area contributed by atoms with Gasteiger partial charge in [0.15, 0.2) is 5.17 Å². The number of carbonyl (C=O) groups excluding carboxylic acids is 3. The Bertz CT molecular complexity index is 597. The van der Waals surface area contributed by atoms with Crippen molar-refractivity contribution >= 4 is 46.9 Å². The van der Waals surface area contributed by atoms with Crippen LogP contribution in [-0.4, -0.2) is 64.3 Å². The number of thioether (sulfide) groups is 1. The quantitative estimate of drug-likeness (QED) is 0.364. The van der Waals surface area contributed by atoms with Crippen LogP contribution in [0.4, 0.5) is 0 Å². The van der Waals surface area contributed by atoms with Gasteiger partial charge in [0.1, 0.15) is 0 Å². The molecule has 1 saturated carbocycles. The Balaban J connectivity index is 0.00000420. The number of halogens is 1. The monoisotopic (exact) mass is 448 g/mol. The van der Waals surface area contributed by atoms with E-state index < -0.39 is 17.7 Å². The first-order valence-electron chi connectivity index (χ1n) is 10.1. The third-order valence-corrected chi connectivity index (χ3v) is 6.02. The van der Waals surface area contributed by atoms with E-state index in [4.69, 9.17) is 5.11 Å². The topological polar surface area (TPSA) is 111 Å². The summed E-state index contributed by atoms with van der Waals surface area (Å²) in [5.74, 6) is -0.710. The van der Waals surface area contributed by atoms with Gasteiger partial charge in [0.05, 0.1) is 12.6 Å². The highest BCUT2D eigenvalue weighted by Crippen LogP contribution is 2.24. The van der Waals surface area contributed by atoms with Crippen LogP contribution in [0.2, 0.25) is 0 Å². The van der Waals surface area contributed by atoms with E-state index in [0.717, 1.165) is 44.4 Å². The Hall–Kier alpha value is -1.32. The van der Waals surface area contributed by atoms with Crippen LogP contribution in [0.5, 0.6) is 0 Å². The molecule has 29 heavy (non-hydrogen) atoms. The van der Waals surface area contributed by atoms with E-state index in [1.54, 1.807) is 0 Å². The average Bonchev–Trinajstić information content (AvgIpc) is 3.12. The molecule has 8 nitrogen and oxygen atoms in total. The predicted octanol–water partition coefficient (Wildman–Crippen LogP) is 1.52. The number of rotatable bonds is 9. The van der Waals surface area contributed by atoms with E-state index in [9.17, 15) is 14.4 Å². The standard InChI is InChI=1S/C19H32N4O4S.ClH/c1-13(2)12-15(20-17(26)14-6-4-3-5-7-14)16(25)18(27)21-22-19-23(8-10-24)9-11-28-19;/h13-15,24H,3-12H2,1-2H3,(H,20,26)(H,21,27);1H/t15-;/m0./s1. The number of hydrazone groups is 1. The second-order valence-electron chi connectivity index (χ2n) is 7.78. The number of aliphatic hydroxyl groups is 1. The fourth-order valence-corrected chi connectivity index (χ4v) is 4.50. The van der Waals surface area contributed by atoms with E-state index in [0.29, 0.717) is 18.1 Å². The first-order chi connectivity index (χ1) is 13.4. The van der Waals surface area contributed by atoms with Crippen LogP contribution in [0.15, 0.2) is 5.10 Å². The van der Waals surface area contributed by atoms with Gasteiger partial charge in [0, 0.05) is 24.8 Å². The van der Waals surface area contributed by atoms with E-state index in [-0.39, 0.29) is 36.8 Å². The Morgan fingerprint density at radius 1 is 1.24 bits per heavy atom. The summed E-state index contributed by atoms with van der Waals surface area (Å²) < 4.78 is 0. The van der Waals surface area contributed by atoms with Gasteiger partial charge in [-0.15, -0.1) is 17.5 Å². The molecule has 0 radical (unpaired) electrons. The van der Waals surface area contributed by atoms with Crippen molar-refractivity contribution in [2.45, 2.75) is 58.4 Å². The number of ketones is 1. The van der Waals surface area contributed by atoms with Crippen molar-refractivity contribution in [3.8, 4) is 0 Å². The van der Waals surface area contributed by atoms with Crippen LogP contribution in [0.25, 0.3) is 0 Å². The van der Waals surface area contributed by atoms with Gasteiger partial charge in [-0.05, 0) is 25.2 Å². The zero-order valence-corrected chi connectivity index (χ0v) is 18.8. The molecule has 166 valence electrons. The number of carbonyl (C=O) groups is 3. The Labute approximate surface area is 183 Å². The maximum Gasteiger partial charge on any atom is 0.309 e. The Kier molecular flexibility index (Phi) is 11.6. The summed E-state index contributed by atoms with van der Waals surface area (Å²) in [6.07, 6.45) is 5.29. The first-order valence-corrected chi connectivity index (χ1v) is 11.1. The van der Waals surface area contributed by atoms with Crippen molar-refractivity contribution in [2.75, 3.05) is 25.4 Å². The number of nitrogens with one attached hydrogen (secondary N) is 2. The molecule has 0 aromatic carbocycles. The molecule has 0 bridgehead atoms. The van der Waals surface area contributed by atoms with Gasteiger partial charge in [-0.1, -0.05) is 44.9 Å². The second-order valence-corrected chi connectivity index (χ2v) is 8.85. The number of hydrogen-bond donors (Lipinski definition) is 3. The lowest BCUT2D eigenvalue weighted by Crippen LogP contribution is -2.49. The molecule has 1 heterocycles. The molecule has 2 rings (SSSR count). The number of amides is 2. The van der Waals surface area contributed by atoms with Crippen molar-refractivity contribution in [3.05, 3.63) is 0 Å². The van der Waals surface area contributed by atoms with Crippen LogP contribution in [-0.2, 0) is 14.4 Å².